The van der Waals surface area contributed by atoms with E-state index in [1.807, 2.05) is 13.8 Å². The molecule has 1 aromatic heterocycles. The van der Waals surface area contributed by atoms with Crippen molar-refractivity contribution < 1.29 is 32.2 Å². The monoisotopic (exact) mass is 405 g/mol. The SMILES string of the molecule is CC(=O)Oc1c(C)c(C)nc2ccc(Oc3ccc(OC(F)(F)F)cc3)c(C)c12. The van der Waals surface area contributed by atoms with Crippen molar-refractivity contribution in [3.8, 4) is 23.0 Å². The lowest BCUT2D eigenvalue weighted by atomic mass is 10.0. The Balaban J connectivity index is 1.99. The Kier molecular flexibility index (Phi) is 5.37. The fraction of sp³-hybridized carbons (Fsp3) is 0.238. The van der Waals surface area contributed by atoms with Gasteiger partial charge < -0.3 is 14.2 Å². The van der Waals surface area contributed by atoms with Gasteiger partial charge in [0.25, 0.3) is 0 Å². The second-order valence-corrected chi connectivity index (χ2v) is 6.45. The molecular weight excluding hydrogens is 387 g/mol. The van der Waals surface area contributed by atoms with Crippen LogP contribution in [-0.4, -0.2) is 17.3 Å². The highest BCUT2D eigenvalue weighted by Gasteiger charge is 2.31. The van der Waals surface area contributed by atoms with Crippen LogP contribution in [0.5, 0.6) is 23.0 Å². The molecule has 0 amide bonds. The van der Waals surface area contributed by atoms with Gasteiger partial charge in [-0.1, -0.05) is 0 Å². The maximum Gasteiger partial charge on any atom is 0.573 e. The van der Waals surface area contributed by atoms with Crippen molar-refractivity contribution in [2.45, 2.75) is 34.1 Å². The number of carbonyl (C=O) groups is 1. The number of halogens is 3. The quantitative estimate of drug-likeness (QED) is 0.515. The van der Waals surface area contributed by atoms with E-state index in [-0.39, 0.29) is 5.75 Å². The molecule has 0 aliphatic carbocycles. The Morgan fingerprint density at radius 2 is 1.55 bits per heavy atom. The summed E-state index contributed by atoms with van der Waals surface area (Å²) < 4.78 is 52.0. The van der Waals surface area contributed by atoms with Crippen molar-refractivity contribution in [3.05, 3.63) is 53.2 Å². The van der Waals surface area contributed by atoms with Gasteiger partial charge in [-0.3, -0.25) is 9.78 Å². The van der Waals surface area contributed by atoms with Crippen LogP contribution in [0.2, 0.25) is 0 Å². The fourth-order valence-corrected chi connectivity index (χ4v) is 2.89. The molecule has 0 atom stereocenters. The minimum absolute atomic E-state index is 0.327. The van der Waals surface area contributed by atoms with Crippen LogP contribution < -0.4 is 14.2 Å². The molecule has 5 nitrogen and oxygen atoms in total. The van der Waals surface area contributed by atoms with E-state index in [0.29, 0.717) is 33.7 Å². The highest BCUT2D eigenvalue weighted by atomic mass is 19.4. The van der Waals surface area contributed by atoms with Gasteiger partial charge >= 0.3 is 12.3 Å². The van der Waals surface area contributed by atoms with Crippen molar-refractivity contribution in [1.29, 1.82) is 0 Å². The number of hydrogen-bond donors (Lipinski definition) is 0. The van der Waals surface area contributed by atoms with Crippen molar-refractivity contribution in [2.24, 2.45) is 0 Å². The zero-order valence-corrected chi connectivity index (χ0v) is 16.2. The zero-order chi connectivity index (χ0) is 21.3. The van der Waals surface area contributed by atoms with E-state index in [2.05, 4.69) is 9.72 Å². The van der Waals surface area contributed by atoms with Gasteiger partial charge in [0.15, 0.2) is 0 Å². The summed E-state index contributed by atoms with van der Waals surface area (Å²) in [4.78, 5) is 16.1. The Morgan fingerprint density at radius 1 is 0.931 bits per heavy atom. The first-order valence-electron chi connectivity index (χ1n) is 8.68. The van der Waals surface area contributed by atoms with Crippen molar-refractivity contribution in [1.82, 2.24) is 4.98 Å². The molecule has 0 N–H and O–H groups in total. The van der Waals surface area contributed by atoms with Crippen LogP contribution in [0.25, 0.3) is 10.9 Å². The van der Waals surface area contributed by atoms with E-state index >= 15 is 0 Å². The molecule has 3 aromatic rings. The molecule has 0 unspecified atom stereocenters. The Bertz CT molecular complexity index is 1080. The van der Waals surface area contributed by atoms with Crippen LogP contribution in [0.3, 0.4) is 0 Å². The van der Waals surface area contributed by atoms with E-state index in [1.54, 1.807) is 19.1 Å². The lowest BCUT2D eigenvalue weighted by Crippen LogP contribution is -2.16. The second kappa shape index (κ2) is 7.62. The number of esters is 1. The summed E-state index contributed by atoms with van der Waals surface area (Å²) >= 11 is 0. The Hall–Kier alpha value is -3.29. The molecular formula is C21H18F3NO4. The molecule has 8 heteroatoms. The summed E-state index contributed by atoms with van der Waals surface area (Å²) in [5.74, 6) is 0.406. The first-order chi connectivity index (χ1) is 13.5. The summed E-state index contributed by atoms with van der Waals surface area (Å²) in [6, 6.07) is 8.51. The molecule has 0 saturated carbocycles. The topological polar surface area (TPSA) is 57.7 Å². The normalized spacial score (nSPS) is 11.4. The van der Waals surface area contributed by atoms with Gasteiger partial charge in [0.05, 0.1) is 5.52 Å². The molecule has 0 radical (unpaired) electrons. The minimum Gasteiger partial charge on any atom is -0.457 e. The van der Waals surface area contributed by atoms with Crippen LogP contribution in [-0.2, 0) is 4.79 Å². The molecule has 3 rings (SSSR count). The summed E-state index contributed by atoms with van der Waals surface area (Å²) in [7, 11) is 0. The fourth-order valence-electron chi connectivity index (χ4n) is 2.89. The third-order valence-corrected chi connectivity index (χ3v) is 4.32. The van der Waals surface area contributed by atoms with E-state index < -0.39 is 12.3 Å². The Morgan fingerprint density at radius 3 is 2.14 bits per heavy atom. The molecule has 2 aromatic carbocycles. The second-order valence-electron chi connectivity index (χ2n) is 6.45. The van der Waals surface area contributed by atoms with E-state index in [4.69, 9.17) is 9.47 Å². The molecule has 152 valence electrons. The van der Waals surface area contributed by atoms with Crippen molar-refractivity contribution in [2.75, 3.05) is 0 Å². The summed E-state index contributed by atoms with van der Waals surface area (Å²) in [5, 5.41) is 0.637. The van der Waals surface area contributed by atoms with Gasteiger partial charge in [-0.25, -0.2) is 0 Å². The van der Waals surface area contributed by atoms with E-state index in [9.17, 15) is 18.0 Å². The average Bonchev–Trinajstić information content (AvgIpc) is 2.61. The van der Waals surface area contributed by atoms with Gasteiger partial charge in [0, 0.05) is 29.1 Å². The maximum absolute atomic E-state index is 12.3. The van der Waals surface area contributed by atoms with Gasteiger partial charge in [0.2, 0.25) is 0 Å². The minimum atomic E-state index is -4.76. The first kappa shape index (κ1) is 20.4. The van der Waals surface area contributed by atoms with Crippen molar-refractivity contribution >= 4 is 16.9 Å². The zero-order valence-electron chi connectivity index (χ0n) is 16.2. The number of alkyl halides is 3. The molecule has 0 saturated heterocycles. The van der Waals surface area contributed by atoms with E-state index in [1.165, 1.54) is 31.2 Å². The van der Waals surface area contributed by atoms with Crippen molar-refractivity contribution in [3.63, 3.8) is 0 Å². The summed E-state index contributed by atoms with van der Waals surface area (Å²) in [5.41, 5.74) is 2.80. The highest BCUT2D eigenvalue weighted by Crippen LogP contribution is 2.38. The van der Waals surface area contributed by atoms with E-state index in [0.717, 1.165) is 11.3 Å². The number of rotatable bonds is 4. The molecule has 29 heavy (non-hydrogen) atoms. The standard InChI is InChI=1S/C21H18F3NO4/c1-11-13(3)25-17-9-10-18(12(2)19(17)20(11)27-14(4)26)28-15-5-7-16(8-6-15)29-21(22,23)24/h5-10H,1-4H3. The number of pyridine rings is 1. The predicted octanol–water partition coefficient (Wildman–Crippen LogP) is 5.78. The lowest BCUT2D eigenvalue weighted by Gasteiger charge is -2.16. The molecule has 0 aliphatic heterocycles. The molecule has 0 fully saturated rings. The van der Waals surface area contributed by atoms with Crippen LogP contribution in [0.4, 0.5) is 13.2 Å². The molecule has 1 heterocycles. The molecule has 0 spiro atoms. The number of fused-ring (bicyclic) bond motifs is 1. The lowest BCUT2D eigenvalue weighted by molar-refractivity contribution is -0.274. The predicted molar refractivity (Wildman–Crippen MR) is 100 cm³/mol. The maximum atomic E-state index is 12.3. The smallest absolute Gasteiger partial charge is 0.457 e. The molecule has 0 aliphatic rings. The number of benzene rings is 2. The van der Waals surface area contributed by atoms with Crippen LogP contribution in [0, 0.1) is 20.8 Å². The number of aryl methyl sites for hydroxylation is 2. The third-order valence-electron chi connectivity index (χ3n) is 4.32. The third kappa shape index (κ3) is 4.59. The van der Waals surface area contributed by atoms with Crippen LogP contribution in [0.15, 0.2) is 36.4 Å². The van der Waals surface area contributed by atoms with Gasteiger partial charge in [0.1, 0.15) is 23.0 Å². The number of aromatic nitrogens is 1. The van der Waals surface area contributed by atoms with Gasteiger partial charge in [-0.2, -0.15) is 0 Å². The number of hydrogen-bond acceptors (Lipinski definition) is 5. The summed E-state index contributed by atoms with van der Waals surface area (Å²) in [6.45, 7) is 6.75. The molecule has 0 bridgehead atoms. The highest BCUT2D eigenvalue weighted by molar-refractivity contribution is 5.93. The Labute approximate surface area is 165 Å². The van der Waals surface area contributed by atoms with Gasteiger partial charge in [-0.05, 0) is 57.2 Å². The number of nitrogens with zero attached hydrogens (tertiary/aromatic N) is 1. The average molecular weight is 405 g/mol. The van der Waals surface area contributed by atoms with Crippen LogP contribution in [0.1, 0.15) is 23.7 Å². The van der Waals surface area contributed by atoms with Crippen LogP contribution >= 0.6 is 0 Å². The number of ether oxygens (including phenoxy) is 3. The van der Waals surface area contributed by atoms with Gasteiger partial charge in [-0.15, -0.1) is 13.2 Å². The number of carbonyl (C=O) groups excluding carboxylic acids is 1. The largest absolute Gasteiger partial charge is 0.573 e. The first-order valence-corrected chi connectivity index (χ1v) is 8.68. The summed E-state index contributed by atoms with van der Waals surface area (Å²) in [6.07, 6.45) is -4.76.